The quantitative estimate of drug-likeness (QED) is 0.903. The second-order valence-electron chi connectivity index (χ2n) is 4.85. The molecule has 0 atom stereocenters. The van der Waals surface area contributed by atoms with Gasteiger partial charge in [0, 0.05) is 6.26 Å². The van der Waals surface area contributed by atoms with E-state index in [1.807, 2.05) is 6.92 Å². The number of carbonyl (C=O) groups excluding carboxylic acids is 1. The van der Waals surface area contributed by atoms with E-state index in [2.05, 4.69) is 5.32 Å². The van der Waals surface area contributed by atoms with Crippen LogP contribution in [0.2, 0.25) is 10.0 Å². The molecule has 2 rings (SSSR count). The number of sulfone groups is 1. The van der Waals surface area contributed by atoms with Crippen molar-refractivity contribution in [2.75, 3.05) is 11.6 Å². The first-order valence-corrected chi connectivity index (χ1v) is 8.90. The molecule has 2 aromatic rings. The molecule has 0 heterocycles. The number of carbonyl (C=O) groups is 1. The number of hydrogen-bond acceptors (Lipinski definition) is 3. The van der Waals surface area contributed by atoms with E-state index in [-0.39, 0.29) is 15.5 Å². The van der Waals surface area contributed by atoms with Gasteiger partial charge in [-0.1, -0.05) is 29.3 Å². The first-order valence-electron chi connectivity index (χ1n) is 6.25. The van der Waals surface area contributed by atoms with Crippen LogP contribution < -0.4 is 5.32 Å². The third-order valence-corrected chi connectivity index (χ3v) is 4.74. The molecule has 0 bridgehead atoms. The minimum atomic E-state index is -3.43. The van der Waals surface area contributed by atoms with Crippen molar-refractivity contribution in [1.29, 1.82) is 0 Å². The van der Waals surface area contributed by atoms with Gasteiger partial charge in [-0.05, 0) is 42.8 Å². The fourth-order valence-corrected chi connectivity index (χ4v) is 2.95. The second-order valence-corrected chi connectivity index (χ2v) is 7.68. The average molecular weight is 358 g/mol. The number of hydrogen-bond donors (Lipinski definition) is 1. The van der Waals surface area contributed by atoms with Crippen molar-refractivity contribution < 1.29 is 13.2 Å². The highest BCUT2D eigenvalue weighted by atomic mass is 35.5. The molecule has 0 spiro atoms. The smallest absolute Gasteiger partial charge is 0.257 e. The predicted octanol–water partition coefficient (Wildman–Crippen LogP) is 3.96. The maximum atomic E-state index is 12.3. The summed E-state index contributed by atoms with van der Waals surface area (Å²) in [5, 5.41) is 3.18. The van der Waals surface area contributed by atoms with E-state index in [0.29, 0.717) is 10.7 Å². The summed E-state index contributed by atoms with van der Waals surface area (Å²) < 4.78 is 23.1. The number of aryl methyl sites for hydroxylation is 1. The molecule has 1 amide bonds. The number of amides is 1. The third-order valence-electron chi connectivity index (χ3n) is 2.98. The second kappa shape index (κ2) is 6.28. The van der Waals surface area contributed by atoms with Crippen LogP contribution in [-0.2, 0) is 9.84 Å². The maximum absolute atomic E-state index is 12.3. The molecule has 0 unspecified atom stereocenters. The lowest BCUT2D eigenvalue weighted by Gasteiger charge is -2.10. The van der Waals surface area contributed by atoms with Crippen LogP contribution >= 0.6 is 23.2 Å². The van der Waals surface area contributed by atoms with Crippen LogP contribution in [0.25, 0.3) is 0 Å². The lowest BCUT2D eigenvalue weighted by Crippen LogP contribution is -2.13. The molecule has 4 nitrogen and oxygen atoms in total. The average Bonchev–Trinajstić information content (AvgIpc) is 2.41. The summed E-state index contributed by atoms with van der Waals surface area (Å²) in [6.07, 6.45) is 1.06. The van der Waals surface area contributed by atoms with Gasteiger partial charge in [-0.15, -0.1) is 0 Å². The van der Waals surface area contributed by atoms with E-state index in [1.165, 1.54) is 18.2 Å². The zero-order valence-electron chi connectivity index (χ0n) is 11.9. The molecule has 0 aliphatic carbocycles. The van der Waals surface area contributed by atoms with Crippen molar-refractivity contribution in [2.24, 2.45) is 0 Å². The zero-order valence-corrected chi connectivity index (χ0v) is 14.2. The summed E-state index contributed by atoms with van der Waals surface area (Å²) in [6, 6.07) is 9.16. The Labute approximate surface area is 139 Å². The SMILES string of the molecule is Cc1ccc(NC(=O)c2cc(S(C)(=O)=O)ccc2Cl)c(Cl)c1. The summed E-state index contributed by atoms with van der Waals surface area (Å²) in [6.45, 7) is 1.88. The van der Waals surface area contributed by atoms with Crippen LogP contribution in [0.4, 0.5) is 5.69 Å². The van der Waals surface area contributed by atoms with Gasteiger partial charge in [0.15, 0.2) is 9.84 Å². The monoisotopic (exact) mass is 357 g/mol. The van der Waals surface area contributed by atoms with Crippen molar-refractivity contribution in [2.45, 2.75) is 11.8 Å². The van der Waals surface area contributed by atoms with Gasteiger partial charge in [-0.2, -0.15) is 0 Å². The molecule has 2 aromatic carbocycles. The summed E-state index contributed by atoms with van der Waals surface area (Å²) in [5.41, 5.74) is 1.46. The molecular weight excluding hydrogens is 345 g/mol. The van der Waals surface area contributed by atoms with Gasteiger partial charge in [0.05, 0.1) is 26.2 Å². The molecule has 0 aliphatic heterocycles. The highest BCUT2D eigenvalue weighted by Gasteiger charge is 2.16. The fourth-order valence-electron chi connectivity index (χ4n) is 1.82. The summed E-state index contributed by atoms with van der Waals surface area (Å²) in [7, 11) is -3.43. The lowest BCUT2D eigenvalue weighted by atomic mass is 10.2. The van der Waals surface area contributed by atoms with Crippen molar-refractivity contribution in [3.05, 3.63) is 57.6 Å². The van der Waals surface area contributed by atoms with Crippen molar-refractivity contribution in [3.8, 4) is 0 Å². The Kier molecular flexibility index (Phi) is 4.80. The van der Waals surface area contributed by atoms with E-state index >= 15 is 0 Å². The third kappa shape index (κ3) is 3.80. The number of benzene rings is 2. The normalized spacial score (nSPS) is 11.3. The van der Waals surface area contributed by atoms with Crippen LogP contribution in [0.1, 0.15) is 15.9 Å². The standard InChI is InChI=1S/C15H13Cl2NO3S/c1-9-3-6-14(13(17)7-9)18-15(19)11-8-10(22(2,20)21)4-5-12(11)16/h3-8H,1-2H3,(H,18,19). The molecule has 1 N–H and O–H groups in total. The first kappa shape index (κ1) is 16.8. The predicted molar refractivity (Wildman–Crippen MR) is 88.7 cm³/mol. The molecule has 22 heavy (non-hydrogen) atoms. The fraction of sp³-hybridized carbons (Fsp3) is 0.133. The lowest BCUT2D eigenvalue weighted by molar-refractivity contribution is 0.102. The van der Waals surface area contributed by atoms with Crippen LogP contribution in [-0.4, -0.2) is 20.6 Å². The van der Waals surface area contributed by atoms with Crippen molar-refractivity contribution in [3.63, 3.8) is 0 Å². The molecule has 0 aromatic heterocycles. The van der Waals surface area contributed by atoms with Crippen LogP contribution in [0.15, 0.2) is 41.3 Å². The number of nitrogens with one attached hydrogen (secondary N) is 1. The number of halogens is 2. The Morgan fingerprint density at radius 1 is 1.05 bits per heavy atom. The highest BCUT2D eigenvalue weighted by molar-refractivity contribution is 7.90. The van der Waals surface area contributed by atoms with Crippen molar-refractivity contribution in [1.82, 2.24) is 0 Å². The van der Waals surface area contributed by atoms with Gasteiger partial charge in [0.2, 0.25) is 0 Å². The van der Waals surface area contributed by atoms with Crippen molar-refractivity contribution >= 4 is 44.6 Å². The van der Waals surface area contributed by atoms with Crippen LogP contribution in [0.5, 0.6) is 0 Å². The van der Waals surface area contributed by atoms with Gasteiger partial charge in [-0.3, -0.25) is 4.79 Å². The molecule has 0 saturated heterocycles. The minimum absolute atomic E-state index is 0.0250. The van der Waals surface area contributed by atoms with E-state index in [4.69, 9.17) is 23.2 Å². The first-order chi connectivity index (χ1) is 10.2. The number of anilines is 1. The number of rotatable bonds is 3. The Bertz CT molecular complexity index is 848. The molecule has 0 radical (unpaired) electrons. The molecular formula is C15H13Cl2NO3S. The summed E-state index contributed by atoms with van der Waals surface area (Å²) in [4.78, 5) is 12.3. The van der Waals surface area contributed by atoms with Crippen LogP contribution in [0, 0.1) is 6.92 Å². The molecule has 0 aliphatic rings. The molecule has 0 saturated carbocycles. The largest absolute Gasteiger partial charge is 0.321 e. The highest BCUT2D eigenvalue weighted by Crippen LogP contribution is 2.26. The molecule has 116 valence electrons. The zero-order chi connectivity index (χ0) is 16.5. The Balaban J connectivity index is 2.37. The molecule has 0 fully saturated rings. The van der Waals surface area contributed by atoms with Gasteiger partial charge in [0.1, 0.15) is 0 Å². The van der Waals surface area contributed by atoms with E-state index < -0.39 is 15.7 Å². The Morgan fingerprint density at radius 2 is 1.73 bits per heavy atom. The maximum Gasteiger partial charge on any atom is 0.257 e. The van der Waals surface area contributed by atoms with Gasteiger partial charge < -0.3 is 5.32 Å². The van der Waals surface area contributed by atoms with E-state index in [1.54, 1.807) is 18.2 Å². The summed E-state index contributed by atoms with van der Waals surface area (Å²) >= 11 is 12.0. The van der Waals surface area contributed by atoms with Gasteiger partial charge in [-0.25, -0.2) is 8.42 Å². The topological polar surface area (TPSA) is 63.2 Å². The van der Waals surface area contributed by atoms with Crippen LogP contribution in [0.3, 0.4) is 0 Å². The van der Waals surface area contributed by atoms with Gasteiger partial charge in [0.25, 0.3) is 5.91 Å². The Morgan fingerprint density at radius 3 is 2.32 bits per heavy atom. The van der Waals surface area contributed by atoms with Gasteiger partial charge >= 0.3 is 0 Å². The van der Waals surface area contributed by atoms with E-state index in [9.17, 15) is 13.2 Å². The minimum Gasteiger partial charge on any atom is -0.321 e. The van der Waals surface area contributed by atoms with E-state index in [0.717, 1.165) is 11.8 Å². The Hall–Kier alpha value is -1.56. The summed E-state index contributed by atoms with van der Waals surface area (Å²) in [5.74, 6) is -0.527. The molecule has 7 heteroatoms.